The Kier molecular flexibility index (Phi) is 2.74. The first kappa shape index (κ1) is 11.5. The summed E-state index contributed by atoms with van der Waals surface area (Å²) in [6.07, 6.45) is 4.54. The van der Waals surface area contributed by atoms with Crippen LogP contribution in [0.5, 0.6) is 0 Å². The second-order valence-electron chi connectivity index (χ2n) is 4.61. The molecule has 2 aromatic rings. The summed E-state index contributed by atoms with van der Waals surface area (Å²) < 4.78 is 0.936. The van der Waals surface area contributed by atoms with Gasteiger partial charge in [0, 0.05) is 17.9 Å². The molecule has 92 valence electrons. The third kappa shape index (κ3) is 1.68. The van der Waals surface area contributed by atoms with E-state index in [0.29, 0.717) is 11.7 Å². The number of halogens is 1. The molecule has 0 saturated carbocycles. The second kappa shape index (κ2) is 4.28. The van der Waals surface area contributed by atoms with E-state index in [4.69, 9.17) is 5.73 Å². The van der Waals surface area contributed by atoms with Crippen molar-refractivity contribution in [2.75, 3.05) is 10.6 Å². The van der Waals surface area contributed by atoms with Crippen LogP contribution in [0.4, 0.5) is 17.1 Å². The summed E-state index contributed by atoms with van der Waals surface area (Å²) in [5.74, 6) is 0. The van der Waals surface area contributed by atoms with Crippen molar-refractivity contribution in [2.45, 2.75) is 19.4 Å². The number of pyridine rings is 1. The van der Waals surface area contributed by atoms with Crippen LogP contribution in [-0.2, 0) is 6.42 Å². The lowest BCUT2D eigenvalue weighted by Gasteiger charge is -2.27. The summed E-state index contributed by atoms with van der Waals surface area (Å²) >= 11 is 3.55. The van der Waals surface area contributed by atoms with E-state index in [1.165, 1.54) is 11.3 Å². The van der Waals surface area contributed by atoms with E-state index in [9.17, 15) is 0 Å². The molecule has 4 heteroatoms. The smallest absolute Gasteiger partial charge is 0.0823 e. The third-order valence-electron chi connectivity index (χ3n) is 3.35. The lowest BCUT2D eigenvalue weighted by atomic mass is 10.1. The van der Waals surface area contributed by atoms with Crippen LogP contribution in [0, 0.1) is 0 Å². The Balaban J connectivity index is 2.18. The van der Waals surface area contributed by atoms with Gasteiger partial charge in [-0.15, -0.1) is 0 Å². The van der Waals surface area contributed by atoms with Gasteiger partial charge in [-0.1, -0.05) is 18.2 Å². The molecule has 2 N–H and O–H groups in total. The molecule has 0 radical (unpaired) electrons. The number of nitrogens with zero attached hydrogens (tertiary/aromatic N) is 2. The average Bonchev–Trinajstić information content (AvgIpc) is 2.66. The van der Waals surface area contributed by atoms with Gasteiger partial charge in [-0.2, -0.15) is 0 Å². The van der Waals surface area contributed by atoms with Crippen LogP contribution in [0.15, 0.2) is 41.1 Å². The molecule has 3 rings (SSSR count). The Bertz CT molecular complexity index is 577. The van der Waals surface area contributed by atoms with Crippen molar-refractivity contribution < 1.29 is 0 Å². The van der Waals surface area contributed by atoms with Gasteiger partial charge < -0.3 is 10.6 Å². The number of benzene rings is 1. The zero-order valence-electron chi connectivity index (χ0n) is 10.1. The van der Waals surface area contributed by atoms with Crippen molar-refractivity contribution in [3.05, 3.63) is 46.7 Å². The van der Waals surface area contributed by atoms with Crippen LogP contribution in [0.1, 0.15) is 12.5 Å². The number of hydrogen-bond acceptors (Lipinski definition) is 3. The first-order chi connectivity index (χ1) is 8.68. The van der Waals surface area contributed by atoms with Crippen LogP contribution in [0.3, 0.4) is 0 Å². The lowest BCUT2D eigenvalue weighted by molar-refractivity contribution is 0.758. The van der Waals surface area contributed by atoms with Crippen molar-refractivity contribution in [3.63, 3.8) is 0 Å². The molecule has 1 aliphatic heterocycles. The maximum absolute atomic E-state index is 6.09. The lowest BCUT2D eigenvalue weighted by Crippen LogP contribution is -2.25. The summed E-state index contributed by atoms with van der Waals surface area (Å²) in [6.45, 7) is 2.21. The van der Waals surface area contributed by atoms with E-state index in [-0.39, 0.29) is 0 Å². The van der Waals surface area contributed by atoms with Crippen molar-refractivity contribution in [1.82, 2.24) is 4.98 Å². The maximum Gasteiger partial charge on any atom is 0.0823 e. The SMILES string of the molecule is CC1Cc2ccccc2N1c1c(N)cncc1Br. The molecular formula is C14H14BrN3. The molecular weight excluding hydrogens is 290 g/mol. The number of hydrogen-bond donors (Lipinski definition) is 1. The Morgan fingerprint density at radius 1 is 1.33 bits per heavy atom. The number of nitrogens with two attached hydrogens (primary N) is 1. The maximum atomic E-state index is 6.09. The molecule has 2 heterocycles. The van der Waals surface area contributed by atoms with Crippen molar-refractivity contribution in [2.24, 2.45) is 0 Å². The van der Waals surface area contributed by atoms with E-state index in [2.05, 4.69) is 57.0 Å². The zero-order chi connectivity index (χ0) is 12.7. The highest BCUT2D eigenvalue weighted by Gasteiger charge is 2.29. The fourth-order valence-corrected chi connectivity index (χ4v) is 3.14. The summed E-state index contributed by atoms with van der Waals surface area (Å²) in [7, 11) is 0. The highest BCUT2D eigenvalue weighted by atomic mass is 79.9. The largest absolute Gasteiger partial charge is 0.396 e. The monoisotopic (exact) mass is 303 g/mol. The molecule has 0 amide bonds. The second-order valence-corrected chi connectivity index (χ2v) is 5.47. The summed E-state index contributed by atoms with van der Waals surface area (Å²) in [4.78, 5) is 6.39. The molecule has 0 aliphatic carbocycles. The minimum absolute atomic E-state index is 0.406. The van der Waals surface area contributed by atoms with E-state index >= 15 is 0 Å². The van der Waals surface area contributed by atoms with E-state index in [0.717, 1.165) is 16.6 Å². The number of fused-ring (bicyclic) bond motifs is 1. The predicted molar refractivity (Wildman–Crippen MR) is 78.1 cm³/mol. The van der Waals surface area contributed by atoms with Gasteiger partial charge in [-0.25, -0.2) is 0 Å². The summed E-state index contributed by atoms with van der Waals surface area (Å²) in [5, 5.41) is 0. The first-order valence-electron chi connectivity index (χ1n) is 5.94. The fourth-order valence-electron chi connectivity index (χ4n) is 2.60. The Morgan fingerprint density at radius 2 is 2.11 bits per heavy atom. The van der Waals surface area contributed by atoms with Gasteiger partial charge in [0.05, 0.1) is 22.0 Å². The Hall–Kier alpha value is -1.55. The van der Waals surface area contributed by atoms with Gasteiger partial charge in [0.2, 0.25) is 0 Å². The molecule has 0 fully saturated rings. The number of aromatic nitrogens is 1. The molecule has 0 bridgehead atoms. The zero-order valence-corrected chi connectivity index (χ0v) is 11.7. The average molecular weight is 304 g/mol. The van der Waals surface area contributed by atoms with Gasteiger partial charge in [0.15, 0.2) is 0 Å². The number of anilines is 3. The van der Waals surface area contributed by atoms with Crippen molar-refractivity contribution >= 4 is 33.0 Å². The molecule has 1 aliphatic rings. The predicted octanol–water partition coefficient (Wildman–Crippen LogP) is 3.51. The van der Waals surface area contributed by atoms with E-state index in [1.807, 2.05) is 0 Å². The Morgan fingerprint density at radius 3 is 2.89 bits per heavy atom. The normalized spacial score (nSPS) is 17.9. The van der Waals surface area contributed by atoms with Crippen LogP contribution in [-0.4, -0.2) is 11.0 Å². The molecule has 0 saturated heterocycles. The van der Waals surface area contributed by atoms with E-state index in [1.54, 1.807) is 12.4 Å². The highest BCUT2D eigenvalue weighted by molar-refractivity contribution is 9.10. The van der Waals surface area contributed by atoms with Gasteiger partial charge in [-0.05, 0) is 40.9 Å². The minimum atomic E-state index is 0.406. The van der Waals surface area contributed by atoms with Gasteiger partial charge >= 0.3 is 0 Å². The van der Waals surface area contributed by atoms with Crippen LogP contribution in [0.2, 0.25) is 0 Å². The number of nitrogen functional groups attached to an aromatic ring is 1. The van der Waals surface area contributed by atoms with Gasteiger partial charge in [0.1, 0.15) is 0 Å². The number of rotatable bonds is 1. The quantitative estimate of drug-likeness (QED) is 0.876. The highest BCUT2D eigenvalue weighted by Crippen LogP contribution is 2.43. The first-order valence-corrected chi connectivity index (χ1v) is 6.74. The van der Waals surface area contributed by atoms with Crippen LogP contribution in [0.25, 0.3) is 0 Å². The van der Waals surface area contributed by atoms with Gasteiger partial charge in [-0.3, -0.25) is 4.98 Å². The summed E-state index contributed by atoms with van der Waals surface area (Å²) in [5.41, 5.74) is 10.4. The third-order valence-corrected chi connectivity index (χ3v) is 3.93. The minimum Gasteiger partial charge on any atom is -0.396 e. The number of para-hydroxylation sites is 1. The molecule has 3 nitrogen and oxygen atoms in total. The molecule has 1 aromatic heterocycles. The Labute approximate surface area is 115 Å². The van der Waals surface area contributed by atoms with Crippen molar-refractivity contribution in [3.8, 4) is 0 Å². The van der Waals surface area contributed by atoms with Gasteiger partial charge in [0.25, 0.3) is 0 Å². The van der Waals surface area contributed by atoms with Crippen LogP contribution < -0.4 is 10.6 Å². The fraction of sp³-hybridized carbons (Fsp3) is 0.214. The van der Waals surface area contributed by atoms with E-state index < -0.39 is 0 Å². The molecule has 1 atom stereocenters. The standard InChI is InChI=1S/C14H14BrN3/c1-9-6-10-4-2-3-5-13(10)18(9)14-11(15)7-17-8-12(14)16/h2-5,7-9H,6,16H2,1H3. The molecule has 18 heavy (non-hydrogen) atoms. The topological polar surface area (TPSA) is 42.1 Å². The summed E-state index contributed by atoms with van der Waals surface area (Å²) in [6, 6.07) is 8.88. The molecule has 0 spiro atoms. The molecule has 1 unspecified atom stereocenters. The molecule has 1 aromatic carbocycles. The van der Waals surface area contributed by atoms with Crippen molar-refractivity contribution in [1.29, 1.82) is 0 Å². The van der Waals surface area contributed by atoms with Crippen LogP contribution >= 0.6 is 15.9 Å².